The Hall–Kier alpha value is -1.05. The van der Waals surface area contributed by atoms with E-state index in [-0.39, 0.29) is 0 Å². The van der Waals surface area contributed by atoms with Crippen molar-refractivity contribution >= 4 is 51.0 Å². The summed E-state index contributed by atoms with van der Waals surface area (Å²) in [6, 6.07) is 0. The molecule has 5 nitrogen and oxygen atoms in total. The van der Waals surface area contributed by atoms with Gasteiger partial charge >= 0.3 is 0 Å². The molecule has 6 heteroatoms. The molecule has 72 valence electrons. The van der Waals surface area contributed by atoms with Crippen LogP contribution in [0, 0.1) is 3.57 Å². The number of rotatable bonds is 1. The van der Waals surface area contributed by atoms with Crippen molar-refractivity contribution in [3.8, 4) is 0 Å². The fourth-order valence-electron chi connectivity index (χ4n) is 1.07. The second kappa shape index (κ2) is 3.36. The summed E-state index contributed by atoms with van der Waals surface area (Å²) >= 11 is 2.02. The minimum Gasteiger partial charge on any atom is -0.396 e. The van der Waals surface area contributed by atoms with Gasteiger partial charge < -0.3 is 28.3 Å². The summed E-state index contributed by atoms with van der Waals surface area (Å²) in [7, 11) is 1.72. The molecule has 0 amide bonds. The Labute approximate surface area is 90.0 Å². The quantitative estimate of drug-likeness (QED) is 0.385. The number of nitrogens with one attached hydrogen (secondary N) is 1. The maximum Gasteiger partial charge on any atom is 0.0848 e. The number of halogens is 1. The van der Waals surface area contributed by atoms with E-state index in [4.69, 9.17) is 22.9 Å². The summed E-state index contributed by atoms with van der Waals surface area (Å²) in [5, 5.41) is 2.86. The Bertz CT molecular complexity index is 320. The van der Waals surface area contributed by atoms with Crippen LogP contribution >= 0.6 is 22.6 Å². The molecule has 0 spiro atoms. The van der Waals surface area contributed by atoms with Gasteiger partial charge in [-0.15, -0.1) is 0 Å². The molecule has 0 saturated carbocycles. The largest absolute Gasteiger partial charge is 0.396 e. The van der Waals surface area contributed by atoms with Crippen molar-refractivity contribution in [3.05, 3.63) is 3.57 Å². The van der Waals surface area contributed by atoms with E-state index in [0.717, 1.165) is 0 Å². The van der Waals surface area contributed by atoms with Gasteiger partial charge in [0.1, 0.15) is 0 Å². The first-order valence-electron chi connectivity index (χ1n) is 3.59. The summed E-state index contributed by atoms with van der Waals surface area (Å²) < 4.78 is 0.701. The number of anilines is 5. The van der Waals surface area contributed by atoms with Crippen LogP contribution in [0.5, 0.6) is 0 Å². The van der Waals surface area contributed by atoms with Crippen LogP contribution in [0.3, 0.4) is 0 Å². The second-order valence-corrected chi connectivity index (χ2v) is 3.67. The summed E-state index contributed by atoms with van der Waals surface area (Å²) in [4.78, 5) is 0. The smallest absolute Gasteiger partial charge is 0.0848 e. The zero-order valence-electron chi connectivity index (χ0n) is 7.19. The highest BCUT2D eigenvalue weighted by Crippen LogP contribution is 2.40. The van der Waals surface area contributed by atoms with Gasteiger partial charge in [-0.3, -0.25) is 0 Å². The monoisotopic (exact) mass is 293 g/mol. The Kier molecular flexibility index (Phi) is 2.60. The van der Waals surface area contributed by atoms with Crippen molar-refractivity contribution < 1.29 is 0 Å². The van der Waals surface area contributed by atoms with Crippen molar-refractivity contribution in [1.29, 1.82) is 0 Å². The zero-order chi connectivity index (χ0) is 10.2. The van der Waals surface area contributed by atoms with Crippen molar-refractivity contribution in [1.82, 2.24) is 0 Å². The fourth-order valence-corrected chi connectivity index (χ4v) is 1.65. The Balaban J connectivity index is 3.56. The summed E-state index contributed by atoms with van der Waals surface area (Å²) in [6.45, 7) is 0. The predicted molar refractivity (Wildman–Crippen MR) is 66.4 cm³/mol. The Morgan fingerprint density at radius 3 is 1.62 bits per heavy atom. The number of hydrogen-bond acceptors (Lipinski definition) is 5. The van der Waals surface area contributed by atoms with Crippen molar-refractivity contribution in [3.63, 3.8) is 0 Å². The number of nitrogens with two attached hydrogens (primary N) is 4. The molecule has 0 unspecified atom stereocenters. The molecule has 0 aliphatic heterocycles. The SMILES string of the molecule is CNc1c(N)c(N)c(I)c(N)c1N. The van der Waals surface area contributed by atoms with Crippen LogP contribution < -0.4 is 28.3 Å². The van der Waals surface area contributed by atoms with Crippen molar-refractivity contribution in [2.75, 3.05) is 35.3 Å². The average molecular weight is 293 g/mol. The first-order chi connectivity index (χ1) is 6.00. The molecular weight excluding hydrogens is 281 g/mol. The molecule has 0 aliphatic rings. The first kappa shape index (κ1) is 10.0. The lowest BCUT2D eigenvalue weighted by molar-refractivity contribution is 1.49. The molecule has 0 fully saturated rings. The van der Waals surface area contributed by atoms with Crippen LogP contribution in [0.25, 0.3) is 0 Å². The summed E-state index contributed by atoms with van der Waals surface area (Å²) in [6.07, 6.45) is 0. The lowest BCUT2D eigenvalue weighted by Crippen LogP contribution is -2.09. The Morgan fingerprint density at radius 2 is 1.31 bits per heavy atom. The normalized spacial score (nSPS) is 10.0. The van der Waals surface area contributed by atoms with E-state index in [0.29, 0.717) is 32.0 Å². The maximum atomic E-state index is 5.74. The molecule has 0 aromatic heterocycles. The van der Waals surface area contributed by atoms with E-state index in [1.54, 1.807) is 7.05 Å². The zero-order valence-corrected chi connectivity index (χ0v) is 9.34. The van der Waals surface area contributed by atoms with Gasteiger partial charge in [-0.25, -0.2) is 0 Å². The molecule has 0 bridgehead atoms. The van der Waals surface area contributed by atoms with Crippen LogP contribution in [0.4, 0.5) is 28.4 Å². The van der Waals surface area contributed by atoms with Gasteiger partial charge in [-0.1, -0.05) is 0 Å². The summed E-state index contributed by atoms with van der Waals surface area (Å²) in [5.41, 5.74) is 25.3. The number of nitrogen functional groups attached to an aromatic ring is 4. The van der Waals surface area contributed by atoms with Gasteiger partial charge in [-0.2, -0.15) is 0 Å². The molecule has 9 N–H and O–H groups in total. The van der Waals surface area contributed by atoms with Crippen molar-refractivity contribution in [2.45, 2.75) is 0 Å². The van der Waals surface area contributed by atoms with E-state index < -0.39 is 0 Å². The van der Waals surface area contributed by atoms with E-state index in [1.165, 1.54) is 0 Å². The van der Waals surface area contributed by atoms with Crippen LogP contribution in [0.1, 0.15) is 0 Å². The molecule has 0 heterocycles. The van der Waals surface area contributed by atoms with Gasteiger partial charge in [-0.05, 0) is 22.6 Å². The molecule has 1 rings (SSSR count). The summed E-state index contributed by atoms with van der Waals surface area (Å²) in [5.74, 6) is 0. The maximum absolute atomic E-state index is 5.74. The van der Waals surface area contributed by atoms with Crippen LogP contribution in [0.15, 0.2) is 0 Å². The van der Waals surface area contributed by atoms with Gasteiger partial charge in [0, 0.05) is 7.05 Å². The fraction of sp³-hybridized carbons (Fsp3) is 0.143. The lowest BCUT2D eigenvalue weighted by atomic mass is 10.1. The number of hydrogen-bond donors (Lipinski definition) is 5. The number of benzene rings is 1. The van der Waals surface area contributed by atoms with E-state index in [1.807, 2.05) is 22.6 Å². The van der Waals surface area contributed by atoms with Crippen LogP contribution in [-0.2, 0) is 0 Å². The van der Waals surface area contributed by atoms with Gasteiger partial charge in [0.25, 0.3) is 0 Å². The van der Waals surface area contributed by atoms with Crippen LogP contribution in [-0.4, -0.2) is 7.05 Å². The molecule has 0 saturated heterocycles. The van der Waals surface area contributed by atoms with Crippen molar-refractivity contribution in [2.24, 2.45) is 0 Å². The molecule has 1 aromatic carbocycles. The molecule has 0 aliphatic carbocycles. The molecular formula is C7H12IN5. The third-order valence-corrected chi connectivity index (χ3v) is 3.00. The first-order valence-corrected chi connectivity index (χ1v) is 4.67. The Morgan fingerprint density at radius 1 is 0.923 bits per heavy atom. The highest BCUT2D eigenvalue weighted by molar-refractivity contribution is 14.1. The minimum absolute atomic E-state index is 0.443. The molecule has 0 atom stereocenters. The minimum atomic E-state index is 0.443. The molecule has 1 aromatic rings. The average Bonchev–Trinajstić information content (AvgIpc) is 2.13. The van der Waals surface area contributed by atoms with Gasteiger partial charge in [0.2, 0.25) is 0 Å². The van der Waals surface area contributed by atoms with E-state index in [9.17, 15) is 0 Å². The highest BCUT2D eigenvalue weighted by Gasteiger charge is 2.14. The molecule has 0 radical (unpaired) electrons. The second-order valence-electron chi connectivity index (χ2n) is 2.59. The van der Waals surface area contributed by atoms with Crippen LogP contribution in [0.2, 0.25) is 0 Å². The highest BCUT2D eigenvalue weighted by atomic mass is 127. The standard InChI is InChI=1S/C7H12IN5/c1-13-7-5(11)3(9)2(8)4(10)6(7)12/h13H,9-12H2,1H3. The third-order valence-electron chi connectivity index (χ3n) is 1.84. The lowest BCUT2D eigenvalue weighted by Gasteiger charge is -2.15. The topological polar surface area (TPSA) is 116 Å². The van der Waals surface area contributed by atoms with E-state index >= 15 is 0 Å². The third kappa shape index (κ3) is 1.41. The van der Waals surface area contributed by atoms with Gasteiger partial charge in [0.15, 0.2) is 0 Å². The predicted octanol–water partition coefficient (Wildman–Crippen LogP) is 0.662. The van der Waals surface area contributed by atoms with E-state index in [2.05, 4.69) is 5.32 Å². The van der Waals surface area contributed by atoms with Gasteiger partial charge in [0.05, 0.1) is 32.0 Å². The molecule has 13 heavy (non-hydrogen) atoms.